The van der Waals surface area contributed by atoms with E-state index < -0.39 is 35.7 Å². The first-order valence-electron chi connectivity index (χ1n) is 14.1. The minimum atomic E-state index is -0.946. The summed E-state index contributed by atoms with van der Waals surface area (Å²) in [5, 5.41) is 5.61. The second-order valence-electron chi connectivity index (χ2n) is 11.0. The van der Waals surface area contributed by atoms with Gasteiger partial charge in [0.25, 0.3) is 0 Å². The molecule has 2 N–H and O–H groups in total. The summed E-state index contributed by atoms with van der Waals surface area (Å²) in [5.74, 6) is -1.36. The van der Waals surface area contributed by atoms with Crippen molar-refractivity contribution in [3.05, 3.63) is 34.9 Å². The highest BCUT2D eigenvalue weighted by molar-refractivity contribution is 5.92. The molecule has 0 aromatic heterocycles. The molecule has 39 heavy (non-hydrogen) atoms. The number of carbonyl (C=O) groups is 4. The molecule has 0 saturated heterocycles. The molecule has 0 saturated carbocycles. The quantitative estimate of drug-likeness (QED) is 0.318. The van der Waals surface area contributed by atoms with Crippen LogP contribution in [0, 0.1) is 19.8 Å². The first-order valence-corrected chi connectivity index (χ1v) is 14.1. The molecule has 0 bridgehead atoms. The summed E-state index contributed by atoms with van der Waals surface area (Å²) in [5.41, 5.74) is 1.87. The largest absolute Gasteiger partial charge is 0.466 e. The normalized spacial score (nSPS) is 13.6. The number of nitrogens with zero attached hydrogens (tertiary/aromatic N) is 1. The van der Waals surface area contributed by atoms with E-state index in [2.05, 4.69) is 10.6 Å². The van der Waals surface area contributed by atoms with Crippen LogP contribution in [-0.2, 0) is 23.9 Å². The fourth-order valence-electron chi connectivity index (χ4n) is 4.19. The highest BCUT2D eigenvalue weighted by atomic mass is 16.6. The summed E-state index contributed by atoms with van der Waals surface area (Å²) in [6.45, 7) is 17.4. The van der Waals surface area contributed by atoms with E-state index in [0.717, 1.165) is 17.5 Å². The number of rotatable bonds is 14. The van der Waals surface area contributed by atoms with Gasteiger partial charge in [-0.15, -0.1) is 0 Å². The van der Waals surface area contributed by atoms with Crippen molar-refractivity contribution in [3.63, 3.8) is 0 Å². The van der Waals surface area contributed by atoms with E-state index in [1.807, 2.05) is 52.8 Å². The molecule has 9 nitrogen and oxygen atoms in total. The Morgan fingerprint density at radius 2 is 1.72 bits per heavy atom. The predicted octanol–water partition coefficient (Wildman–Crippen LogP) is 4.98. The molecular formula is C30H49N3O6. The van der Waals surface area contributed by atoms with Gasteiger partial charge in [-0.1, -0.05) is 57.4 Å². The van der Waals surface area contributed by atoms with E-state index in [4.69, 9.17) is 9.47 Å². The van der Waals surface area contributed by atoms with Gasteiger partial charge in [-0.05, 0) is 65.0 Å². The maximum atomic E-state index is 14.2. The third-order valence-electron chi connectivity index (χ3n) is 6.40. The van der Waals surface area contributed by atoms with Crippen LogP contribution in [0.4, 0.5) is 4.79 Å². The zero-order valence-corrected chi connectivity index (χ0v) is 25.3. The number of unbranched alkanes of at least 4 members (excludes halogenated alkanes) is 1. The molecule has 0 heterocycles. The van der Waals surface area contributed by atoms with Crippen LogP contribution in [0.1, 0.15) is 96.9 Å². The summed E-state index contributed by atoms with van der Waals surface area (Å²) in [4.78, 5) is 54.1. The third kappa shape index (κ3) is 11.3. The molecular weight excluding hydrogens is 498 g/mol. The molecule has 0 aliphatic rings. The van der Waals surface area contributed by atoms with E-state index in [-0.39, 0.29) is 31.4 Å². The fourth-order valence-corrected chi connectivity index (χ4v) is 4.19. The smallest absolute Gasteiger partial charge is 0.408 e. The van der Waals surface area contributed by atoms with Gasteiger partial charge < -0.3 is 25.0 Å². The molecule has 220 valence electrons. The number of carbonyl (C=O) groups excluding carboxylic acids is 4. The Bertz CT molecular complexity index is 972. The van der Waals surface area contributed by atoms with Gasteiger partial charge in [-0.2, -0.15) is 0 Å². The van der Waals surface area contributed by atoms with Crippen LogP contribution in [0.2, 0.25) is 0 Å². The number of amides is 3. The first-order chi connectivity index (χ1) is 18.2. The number of ether oxygens (including phenoxy) is 2. The Labute approximate surface area is 234 Å². The highest BCUT2D eigenvalue weighted by Gasteiger charge is 2.38. The highest BCUT2D eigenvalue weighted by Crippen LogP contribution is 2.28. The van der Waals surface area contributed by atoms with Crippen molar-refractivity contribution in [2.24, 2.45) is 5.92 Å². The van der Waals surface area contributed by atoms with Crippen LogP contribution < -0.4 is 10.6 Å². The van der Waals surface area contributed by atoms with Crippen LogP contribution in [0.5, 0.6) is 0 Å². The molecule has 0 aliphatic carbocycles. The molecule has 9 heteroatoms. The molecule has 1 aromatic carbocycles. The molecule has 3 unspecified atom stereocenters. The van der Waals surface area contributed by atoms with E-state index in [1.165, 1.54) is 0 Å². The van der Waals surface area contributed by atoms with Crippen molar-refractivity contribution in [2.45, 2.75) is 106 Å². The third-order valence-corrected chi connectivity index (χ3v) is 6.40. The average Bonchev–Trinajstić information content (AvgIpc) is 2.84. The number of hydrogen-bond donors (Lipinski definition) is 2. The molecule has 3 amide bonds. The van der Waals surface area contributed by atoms with E-state index in [0.29, 0.717) is 24.9 Å². The molecule has 1 rings (SSSR count). The zero-order valence-electron chi connectivity index (χ0n) is 25.3. The second kappa shape index (κ2) is 16.1. The molecule has 1 aromatic rings. The van der Waals surface area contributed by atoms with Gasteiger partial charge >= 0.3 is 12.1 Å². The van der Waals surface area contributed by atoms with Crippen molar-refractivity contribution in [1.82, 2.24) is 15.5 Å². The van der Waals surface area contributed by atoms with E-state index >= 15 is 0 Å². The van der Waals surface area contributed by atoms with Gasteiger partial charge in [0.1, 0.15) is 17.7 Å². The topological polar surface area (TPSA) is 114 Å². The zero-order chi connectivity index (χ0) is 29.8. The number of nitrogens with one attached hydrogen (secondary N) is 2. The number of esters is 1. The summed E-state index contributed by atoms with van der Waals surface area (Å²) in [6.07, 6.45) is 1.45. The summed E-state index contributed by atoms with van der Waals surface area (Å²) in [6, 6.07) is 3.92. The van der Waals surface area contributed by atoms with E-state index in [9.17, 15) is 19.2 Å². The Hall–Kier alpha value is -3.10. The van der Waals surface area contributed by atoms with Gasteiger partial charge in [-0.25, -0.2) is 4.79 Å². The number of aryl methyl sites for hydroxylation is 2. The lowest BCUT2D eigenvalue weighted by Crippen LogP contribution is -2.55. The summed E-state index contributed by atoms with van der Waals surface area (Å²) in [7, 11) is 0. The SMILES string of the molecule is CCCCN(C(=O)C(NC(=O)OC(C)(C)C)C(C)CC)C(C(=O)NCCC(=O)OCC)c1ccc(C)cc1C. The first kappa shape index (κ1) is 33.9. The lowest BCUT2D eigenvalue weighted by atomic mass is 9.93. The van der Waals surface area contributed by atoms with Crippen molar-refractivity contribution in [3.8, 4) is 0 Å². The van der Waals surface area contributed by atoms with Gasteiger partial charge in [-0.3, -0.25) is 14.4 Å². The minimum Gasteiger partial charge on any atom is -0.466 e. The van der Waals surface area contributed by atoms with Crippen LogP contribution in [0.3, 0.4) is 0 Å². The Morgan fingerprint density at radius 1 is 1.05 bits per heavy atom. The monoisotopic (exact) mass is 547 g/mol. The maximum Gasteiger partial charge on any atom is 0.408 e. The van der Waals surface area contributed by atoms with Crippen LogP contribution in [0.15, 0.2) is 18.2 Å². The lowest BCUT2D eigenvalue weighted by Gasteiger charge is -2.36. The van der Waals surface area contributed by atoms with Crippen LogP contribution >= 0.6 is 0 Å². The maximum absolute atomic E-state index is 14.2. The van der Waals surface area contributed by atoms with Gasteiger partial charge in [0.15, 0.2) is 0 Å². The summed E-state index contributed by atoms with van der Waals surface area (Å²) < 4.78 is 10.4. The van der Waals surface area contributed by atoms with Crippen LogP contribution in [-0.4, -0.2) is 60.1 Å². The number of benzene rings is 1. The second-order valence-corrected chi connectivity index (χ2v) is 11.0. The van der Waals surface area contributed by atoms with Gasteiger partial charge in [0, 0.05) is 13.1 Å². The average molecular weight is 548 g/mol. The molecule has 0 radical (unpaired) electrons. The van der Waals surface area contributed by atoms with Crippen LogP contribution in [0.25, 0.3) is 0 Å². The summed E-state index contributed by atoms with van der Waals surface area (Å²) >= 11 is 0. The molecule has 3 atom stereocenters. The van der Waals surface area contributed by atoms with Gasteiger partial charge in [0.2, 0.25) is 11.8 Å². The van der Waals surface area contributed by atoms with Crippen molar-refractivity contribution in [2.75, 3.05) is 19.7 Å². The molecule has 0 fully saturated rings. The standard InChI is InChI=1S/C30H49N3O6/c1-10-13-18-33(28(36)25(21(5)11-2)32-29(37)39-30(7,8)9)26(23-15-14-20(4)19-22(23)6)27(35)31-17-16-24(34)38-12-3/h14-15,19,21,25-26H,10-13,16-18H2,1-9H3,(H,31,35)(H,32,37). The lowest BCUT2D eigenvalue weighted by molar-refractivity contribution is -0.145. The van der Waals surface area contributed by atoms with Gasteiger partial charge in [0.05, 0.1) is 13.0 Å². The van der Waals surface area contributed by atoms with Crippen molar-refractivity contribution < 1.29 is 28.7 Å². The number of alkyl carbamates (subject to hydrolysis) is 1. The Kier molecular flexibility index (Phi) is 14.0. The fraction of sp³-hybridized carbons (Fsp3) is 0.667. The molecule has 0 aliphatic heterocycles. The number of hydrogen-bond acceptors (Lipinski definition) is 6. The Morgan fingerprint density at radius 3 is 2.26 bits per heavy atom. The van der Waals surface area contributed by atoms with Crippen molar-refractivity contribution >= 4 is 23.9 Å². The minimum absolute atomic E-state index is 0.0256. The molecule has 0 spiro atoms. The van der Waals surface area contributed by atoms with E-state index in [1.54, 1.807) is 32.6 Å². The Balaban J connectivity index is 3.49. The predicted molar refractivity (Wildman–Crippen MR) is 152 cm³/mol. The van der Waals surface area contributed by atoms with Crippen molar-refractivity contribution in [1.29, 1.82) is 0 Å².